The molecule has 30 heavy (non-hydrogen) atoms. The molecule has 144 valence electrons. The van der Waals surface area contributed by atoms with E-state index in [1.54, 1.807) is 19.5 Å². The molecule has 1 aliphatic rings. The number of methoxy groups -OCH3 is 1. The highest BCUT2D eigenvalue weighted by atomic mass is 16.5. The molecule has 0 spiro atoms. The minimum absolute atomic E-state index is 0.106. The number of H-pyrrole nitrogens is 1. The van der Waals surface area contributed by atoms with Gasteiger partial charge in [0.25, 0.3) is 0 Å². The van der Waals surface area contributed by atoms with Gasteiger partial charge < -0.3 is 14.8 Å². The second kappa shape index (κ2) is 7.22. The summed E-state index contributed by atoms with van der Waals surface area (Å²) in [4.78, 5) is 7.05. The number of nitrogens with zero attached hydrogens (tertiary/aromatic N) is 3. The molecule has 0 radical (unpaired) electrons. The van der Waals surface area contributed by atoms with Gasteiger partial charge in [0.05, 0.1) is 12.8 Å². The molecule has 5 rings (SSSR count). The summed E-state index contributed by atoms with van der Waals surface area (Å²) >= 11 is 0. The number of ether oxygens (including phenoxy) is 1. The molecule has 2 aromatic carbocycles. The van der Waals surface area contributed by atoms with Crippen molar-refractivity contribution in [2.24, 2.45) is 10.2 Å². The molecule has 6 heteroatoms. The maximum Gasteiger partial charge on any atom is 0.196 e. The third-order valence-electron chi connectivity index (χ3n) is 4.86. The Morgan fingerprint density at radius 1 is 1.07 bits per heavy atom. The summed E-state index contributed by atoms with van der Waals surface area (Å²) < 4.78 is 5.31. The van der Waals surface area contributed by atoms with E-state index in [4.69, 9.17) is 4.74 Å². The molecule has 0 saturated heterocycles. The van der Waals surface area contributed by atoms with Crippen LogP contribution < -0.4 is 15.2 Å². The summed E-state index contributed by atoms with van der Waals surface area (Å²) in [6, 6.07) is 15.2. The van der Waals surface area contributed by atoms with Crippen molar-refractivity contribution in [2.45, 2.75) is 0 Å². The van der Waals surface area contributed by atoms with Crippen LogP contribution in [0.5, 0.6) is 11.6 Å². The second-order valence-corrected chi connectivity index (χ2v) is 6.76. The average molecular weight is 392 g/mol. The smallest absolute Gasteiger partial charge is 0.196 e. The van der Waals surface area contributed by atoms with Crippen molar-refractivity contribution >= 4 is 28.4 Å². The monoisotopic (exact) mass is 392 g/mol. The predicted octanol–water partition coefficient (Wildman–Crippen LogP) is 3.36. The molecule has 0 aliphatic carbocycles. The van der Waals surface area contributed by atoms with Crippen molar-refractivity contribution in [1.29, 1.82) is 0 Å². The van der Waals surface area contributed by atoms with Crippen molar-refractivity contribution in [2.75, 3.05) is 7.11 Å². The van der Waals surface area contributed by atoms with Crippen LogP contribution in [0.25, 0.3) is 22.7 Å². The third kappa shape index (κ3) is 3.19. The van der Waals surface area contributed by atoms with Crippen LogP contribution in [0.15, 0.2) is 71.2 Å². The standard InChI is InChI=1S/C24H16N4O2/c1-30-17-6-9-21-19(13-17)20(24(29)26-21)11-16-4-7-18-22(27-28-23(18)12-16)8-5-15-3-2-10-25-14-15/h2-4,6-7,9-14,26,29H,1H3/b16-11-. The fraction of sp³-hybridized carbons (Fsp3) is 0.0417. The van der Waals surface area contributed by atoms with Gasteiger partial charge in [-0.1, -0.05) is 12.0 Å². The fourth-order valence-corrected chi connectivity index (χ4v) is 3.36. The topological polar surface area (TPSA) is 82.9 Å². The van der Waals surface area contributed by atoms with Gasteiger partial charge in [-0.25, -0.2) is 0 Å². The Labute approximate surface area is 171 Å². The first-order valence-electron chi connectivity index (χ1n) is 9.30. The molecule has 6 nitrogen and oxygen atoms in total. The molecule has 0 bridgehead atoms. The van der Waals surface area contributed by atoms with Gasteiger partial charge >= 0.3 is 0 Å². The maximum absolute atomic E-state index is 10.4. The molecule has 0 unspecified atom stereocenters. The number of benzene rings is 2. The van der Waals surface area contributed by atoms with Gasteiger partial charge in [-0.15, -0.1) is 10.2 Å². The number of azo groups is 1. The zero-order valence-corrected chi connectivity index (χ0v) is 16.0. The van der Waals surface area contributed by atoms with Crippen molar-refractivity contribution < 1.29 is 9.84 Å². The molecular formula is C24H16N4O2. The number of rotatable bonds is 2. The highest BCUT2D eigenvalue weighted by Gasteiger charge is 2.11. The predicted molar refractivity (Wildman–Crippen MR) is 115 cm³/mol. The van der Waals surface area contributed by atoms with E-state index < -0.39 is 0 Å². The third-order valence-corrected chi connectivity index (χ3v) is 4.86. The van der Waals surface area contributed by atoms with Gasteiger partial charge in [-0.2, -0.15) is 0 Å². The number of fused-ring (bicyclic) bond motifs is 2. The highest BCUT2D eigenvalue weighted by molar-refractivity contribution is 5.92. The Morgan fingerprint density at radius 3 is 2.83 bits per heavy atom. The zero-order valence-electron chi connectivity index (χ0n) is 16.0. The second-order valence-electron chi connectivity index (χ2n) is 6.76. The Bertz CT molecular complexity index is 1490. The minimum atomic E-state index is 0.106. The molecule has 2 N–H and O–H groups in total. The van der Waals surface area contributed by atoms with E-state index in [9.17, 15) is 5.11 Å². The van der Waals surface area contributed by atoms with E-state index in [1.165, 1.54) is 0 Å². The van der Waals surface area contributed by atoms with Crippen LogP contribution in [-0.2, 0) is 0 Å². The van der Waals surface area contributed by atoms with Crippen LogP contribution in [0.2, 0.25) is 0 Å². The van der Waals surface area contributed by atoms with Crippen LogP contribution in [0.3, 0.4) is 0 Å². The average Bonchev–Trinajstić information content (AvgIpc) is 3.32. The quantitative estimate of drug-likeness (QED) is 0.513. The van der Waals surface area contributed by atoms with Crippen molar-refractivity contribution in [1.82, 2.24) is 9.97 Å². The summed E-state index contributed by atoms with van der Waals surface area (Å²) in [5, 5.41) is 21.5. The van der Waals surface area contributed by atoms with Crippen LogP contribution in [0.1, 0.15) is 11.1 Å². The van der Waals surface area contributed by atoms with Gasteiger partial charge in [-0.3, -0.25) is 4.98 Å². The lowest BCUT2D eigenvalue weighted by Gasteiger charge is -1.99. The summed E-state index contributed by atoms with van der Waals surface area (Å²) in [5.41, 5.74) is 3.72. The highest BCUT2D eigenvalue weighted by Crippen LogP contribution is 2.30. The van der Waals surface area contributed by atoms with E-state index in [-0.39, 0.29) is 5.88 Å². The molecular weight excluding hydrogens is 376 g/mol. The molecule has 3 heterocycles. The maximum atomic E-state index is 10.4. The van der Waals surface area contributed by atoms with Crippen molar-refractivity contribution in [3.63, 3.8) is 0 Å². The SMILES string of the molecule is COc1ccc2[nH]c(O)c(/C=c3/ccc4c(c3)N=NC=4C#Cc3cccnc3)c2c1. The number of hydrogen-bond acceptors (Lipinski definition) is 5. The number of aromatic nitrogens is 2. The van der Waals surface area contributed by atoms with E-state index >= 15 is 0 Å². The first-order valence-corrected chi connectivity index (χ1v) is 9.30. The molecule has 0 atom stereocenters. The Hall–Kier alpha value is -4.37. The van der Waals surface area contributed by atoms with Gasteiger partial charge in [0.1, 0.15) is 11.4 Å². The normalized spacial score (nSPS) is 12.7. The summed E-state index contributed by atoms with van der Waals surface area (Å²) in [6.07, 6.45) is 5.33. The van der Waals surface area contributed by atoms with Gasteiger partial charge in [-0.05, 0) is 59.7 Å². The largest absolute Gasteiger partial charge is 0.497 e. The lowest BCUT2D eigenvalue weighted by molar-refractivity contribution is 0.415. The Morgan fingerprint density at radius 2 is 2.00 bits per heavy atom. The number of nitrogens with one attached hydrogen (secondary N) is 1. The molecule has 0 fully saturated rings. The molecule has 2 aromatic heterocycles. The van der Waals surface area contributed by atoms with Gasteiger partial charge in [0.15, 0.2) is 5.88 Å². The van der Waals surface area contributed by atoms with Crippen LogP contribution in [0.4, 0.5) is 5.69 Å². The summed E-state index contributed by atoms with van der Waals surface area (Å²) in [7, 11) is 1.62. The number of hydrogen-bond donors (Lipinski definition) is 2. The van der Waals surface area contributed by atoms with Gasteiger partial charge in [0, 0.05) is 39.6 Å². The number of aromatic hydroxyl groups is 1. The van der Waals surface area contributed by atoms with E-state index in [0.717, 1.165) is 38.3 Å². The number of aromatic amines is 1. The van der Waals surface area contributed by atoms with Crippen molar-refractivity contribution in [3.05, 3.63) is 82.5 Å². The summed E-state index contributed by atoms with van der Waals surface area (Å²) in [5.74, 6) is 6.95. The molecule has 0 amide bonds. The Balaban J connectivity index is 1.58. The van der Waals surface area contributed by atoms with Gasteiger partial charge in [0.2, 0.25) is 0 Å². The fourth-order valence-electron chi connectivity index (χ4n) is 3.36. The van der Waals surface area contributed by atoms with Crippen LogP contribution in [-0.4, -0.2) is 22.2 Å². The summed E-state index contributed by atoms with van der Waals surface area (Å²) in [6.45, 7) is 0. The lowest BCUT2D eigenvalue weighted by atomic mass is 10.1. The van der Waals surface area contributed by atoms with Crippen LogP contribution >= 0.6 is 0 Å². The van der Waals surface area contributed by atoms with Crippen LogP contribution in [0, 0.1) is 11.8 Å². The first kappa shape index (κ1) is 17.7. The molecule has 4 aromatic rings. The van der Waals surface area contributed by atoms with E-state index in [0.29, 0.717) is 11.3 Å². The first-order chi connectivity index (χ1) is 14.7. The number of pyridine rings is 1. The molecule has 0 saturated carbocycles. The van der Waals surface area contributed by atoms with E-state index in [2.05, 4.69) is 32.0 Å². The molecule has 1 aliphatic heterocycles. The Kier molecular flexibility index (Phi) is 4.26. The van der Waals surface area contributed by atoms with E-state index in [1.807, 2.05) is 54.6 Å². The minimum Gasteiger partial charge on any atom is -0.497 e. The van der Waals surface area contributed by atoms with Crippen molar-refractivity contribution in [3.8, 4) is 23.5 Å². The lowest BCUT2D eigenvalue weighted by Crippen LogP contribution is -2.08. The zero-order chi connectivity index (χ0) is 20.5.